The predicted octanol–water partition coefficient (Wildman–Crippen LogP) is -5.99. The maximum absolute atomic E-state index is 13.3. The number of carbonyl (C=O) groups excluding carboxylic acids is 2. The van der Waals surface area contributed by atoms with Crippen molar-refractivity contribution in [2.75, 3.05) is 21.3 Å². The molecule has 95 heavy (non-hydrogen) atoms. The van der Waals surface area contributed by atoms with Crippen molar-refractivity contribution < 1.29 is 217 Å². The van der Waals surface area contributed by atoms with E-state index >= 15 is 0 Å². The second kappa shape index (κ2) is 34.0. The van der Waals surface area contributed by atoms with Gasteiger partial charge in [0.1, 0.15) is 35.2 Å². The first-order valence-corrected chi connectivity index (χ1v) is 30.8. The molecule has 10 rings (SSSR count). The van der Waals surface area contributed by atoms with Crippen molar-refractivity contribution in [1.82, 2.24) is 29.9 Å². The van der Waals surface area contributed by atoms with Crippen molar-refractivity contribution in [2.24, 2.45) is 20.5 Å². The number of aromatic carboxylic acids is 2. The van der Waals surface area contributed by atoms with Gasteiger partial charge in [-0.15, -0.1) is 20.5 Å². The average molecular weight is 1480 g/mol. The van der Waals surface area contributed by atoms with E-state index in [0.29, 0.717) is 0 Å². The van der Waals surface area contributed by atoms with E-state index < -0.39 is 94.9 Å². The largest absolute Gasteiger partial charge is 3.00 e. The molecule has 43 heteroatoms. The molecule has 8 aromatic carbocycles. The Morgan fingerprint density at radius 2 is 0.758 bits per heavy atom. The quantitative estimate of drug-likeness (QED) is 0.0303. The number of nitrogens with one attached hydrogen (secondary N) is 4. The molecule has 32 nitrogen and oxygen atoms in total. The van der Waals surface area contributed by atoms with Gasteiger partial charge in [0.2, 0.25) is 34.4 Å². The molecule has 0 saturated carbocycles. The number of azo groups is 2. The van der Waals surface area contributed by atoms with E-state index in [0.717, 1.165) is 36.4 Å². The number of carbonyl (C=O) groups is 2. The van der Waals surface area contributed by atoms with Crippen LogP contribution in [0, 0.1) is 0 Å². The minimum atomic E-state index is -5.27. The molecule has 2 heterocycles. The molecule has 0 spiro atoms. The number of hydrogen-bond acceptors (Lipinski definition) is 31. The van der Waals surface area contributed by atoms with Gasteiger partial charge >= 0.3 is 136 Å². The van der Waals surface area contributed by atoms with Crippen LogP contribution in [0.1, 0.15) is 20.7 Å². The SMILES string of the molecule is O=C([O-])c1ccccc1N=Nc1c(S(=O)(=O)O)cc2cc(Nc3nc(Cl)nc(Nc4cccc(S(=O)(=O)[O-])c4)n3)ccc2c1[O-].O=C([O-])c1ccccc1N=Nc1c(S(=O)(=O)[O-])cc2cc(Nc3nc(Cl)nc(Nc4cccc(S(=O)(=O)[O-])c4)n3)ccc2c1[O-].[Cr+3].[Na+].[Na+].[Na+].[Na+]. The third-order valence-corrected chi connectivity index (χ3v) is 15.6. The van der Waals surface area contributed by atoms with Gasteiger partial charge in [0.25, 0.3) is 10.1 Å². The van der Waals surface area contributed by atoms with Crippen molar-refractivity contribution >= 4 is 166 Å². The van der Waals surface area contributed by atoms with Crippen LogP contribution in [0.25, 0.3) is 21.5 Å². The number of halogens is 2. The first kappa shape index (κ1) is 81.4. The number of nitrogens with zero attached hydrogens (tertiary/aromatic N) is 10. The second-order valence-electron chi connectivity index (χ2n) is 17.9. The van der Waals surface area contributed by atoms with Gasteiger partial charge in [-0.05, 0) is 130 Å². The monoisotopic (exact) mass is 1480 g/mol. The molecular formula is C52H29Cl2CrN14Na4O18S4. The van der Waals surface area contributed by atoms with E-state index in [4.69, 9.17) is 23.2 Å². The zero-order valence-corrected chi connectivity index (χ0v) is 62.6. The molecular weight excluding hydrogens is 1450 g/mol. The summed E-state index contributed by atoms with van der Waals surface area (Å²) in [5.74, 6) is -5.61. The van der Waals surface area contributed by atoms with Crippen molar-refractivity contribution in [3.05, 3.63) is 167 Å². The minimum absolute atomic E-state index is 0. The van der Waals surface area contributed by atoms with E-state index in [-0.39, 0.29) is 237 Å². The standard InChI is InChI=1S/2C26H18ClN7O9S2.Cr.4Na/c2*27-24-30-25(28-14-4-3-5-16(12-14)44(38,39)40)32-26(31-24)29-15-8-9-17-13(10-15)11-20(45(41,42)43)21(22(17)35)34-33-19-7-2-1-6-18(19)23(36)37;;;;;/h2*1-12,35H,(H,36,37)(H,38,39,40)(H,41,42,43)(H2,28,29,30,31,32);;;;;/q;;+3;4*+1/p-7. The first-order chi connectivity index (χ1) is 42.4. The van der Waals surface area contributed by atoms with Crippen LogP contribution in [0.15, 0.2) is 186 Å². The maximum Gasteiger partial charge on any atom is 3.00 e. The molecule has 1 radical (unpaired) electrons. The number of fused-ring (bicyclic) bond motifs is 2. The summed E-state index contributed by atoms with van der Waals surface area (Å²) in [6.07, 6.45) is 0. The number of anilines is 8. The molecule has 5 N–H and O–H groups in total. The van der Waals surface area contributed by atoms with Crippen molar-refractivity contribution in [1.29, 1.82) is 0 Å². The van der Waals surface area contributed by atoms with Crippen LogP contribution in [0.5, 0.6) is 11.5 Å². The van der Waals surface area contributed by atoms with Crippen LogP contribution < -0.4 is 160 Å². The number of benzene rings is 8. The molecule has 0 atom stereocenters. The number of carboxylic acid groups (broad SMARTS) is 2. The van der Waals surface area contributed by atoms with Crippen LogP contribution in [-0.4, -0.2) is 93.7 Å². The fourth-order valence-electron chi connectivity index (χ4n) is 7.98. The average Bonchev–Trinajstić information content (AvgIpc) is 0.775. The van der Waals surface area contributed by atoms with E-state index in [9.17, 15) is 81.9 Å². The predicted molar refractivity (Wildman–Crippen MR) is 306 cm³/mol. The summed E-state index contributed by atoms with van der Waals surface area (Å²) in [7, 11) is -19.7. The summed E-state index contributed by atoms with van der Waals surface area (Å²) >= 11 is 12.0. The van der Waals surface area contributed by atoms with Crippen LogP contribution >= 0.6 is 23.2 Å². The molecule has 0 amide bonds. The third-order valence-electron chi connectivity index (χ3n) is 11.9. The Morgan fingerprint density at radius 3 is 1.09 bits per heavy atom. The summed E-state index contributed by atoms with van der Waals surface area (Å²) in [4.78, 5) is 43.8. The molecule has 0 bridgehead atoms. The van der Waals surface area contributed by atoms with Crippen LogP contribution in [-0.2, 0) is 57.8 Å². The molecule has 0 aliphatic carbocycles. The minimum Gasteiger partial charge on any atom is -0.871 e. The smallest absolute Gasteiger partial charge is 0.871 e. The normalized spacial score (nSPS) is 11.3. The van der Waals surface area contributed by atoms with E-state index in [1.54, 1.807) is 0 Å². The number of hydrogen-bond donors (Lipinski definition) is 5. The third kappa shape index (κ3) is 21.0. The fraction of sp³-hybridized carbons (Fsp3) is 0. The molecule has 10 aromatic rings. The topological polar surface area (TPSA) is 527 Å². The molecule has 463 valence electrons. The van der Waals surface area contributed by atoms with E-state index in [2.05, 4.69) is 71.6 Å². The zero-order valence-electron chi connectivity index (χ0n) is 48.5. The van der Waals surface area contributed by atoms with Crippen molar-refractivity contribution in [3.63, 3.8) is 0 Å². The van der Waals surface area contributed by atoms with E-state index in [1.165, 1.54) is 109 Å². The van der Waals surface area contributed by atoms with Crippen LogP contribution in [0.4, 0.5) is 69.3 Å². The summed E-state index contributed by atoms with van der Waals surface area (Å²) in [6, 6.07) is 30.4. The summed E-state index contributed by atoms with van der Waals surface area (Å²) in [5, 5.41) is 74.3. The maximum atomic E-state index is 13.3. The Bertz CT molecular complexity index is 4850. The Labute approximate surface area is 645 Å². The first-order valence-electron chi connectivity index (χ1n) is 24.3. The molecule has 0 aliphatic rings. The van der Waals surface area contributed by atoms with Gasteiger partial charge in [-0.2, -0.15) is 38.3 Å². The molecule has 0 saturated heterocycles. The fourth-order valence-corrected chi connectivity index (χ4v) is 10.6. The Hall–Kier alpha value is -6.01. The van der Waals surface area contributed by atoms with Gasteiger partial charge < -0.3 is 64.9 Å². The number of aromatic nitrogens is 6. The van der Waals surface area contributed by atoms with Gasteiger partial charge in [0.05, 0.1) is 49.4 Å². The van der Waals surface area contributed by atoms with Gasteiger partial charge in [0, 0.05) is 33.9 Å². The molecule has 0 aliphatic heterocycles. The van der Waals surface area contributed by atoms with Gasteiger partial charge in [-0.3, -0.25) is 4.55 Å². The summed E-state index contributed by atoms with van der Waals surface area (Å²) in [5.41, 5.74) is -2.03. The number of rotatable bonds is 18. The molecule has 0 unspecified atom stereocenters. The zero-order chi connectivity index (χ0) is 65.0. The van der Waals surface area contributed by atoms with Crippen molar-refractivity contribution in [2.45, 2.75) is 19.6 Å². The van der Waals surface area contributed by atoms with Crippen LogP contribution in [0.2, 0.25) is 10.6 Å². The number of carboxylic acids is 2. The van der Waals surface area contributed by atoms with Crippen LogP contribution in [0.3, 0.4) is 0 Å². The van der Waals surface area contributed by atoms with E-state index in [1.807, 2.05) is 0 Å². The van der Waals surface area contributed by atoms with Gasteiger partial charge in [-0.25, -0.2) is 25.3 Å². The Balaban J connectivity index is 0.000000384. The summed E-state index contributed by atoms with van der Waals surface area (Å²) in [6.45, 7) is 0. The summed E-state index contributed by atoms with van der Waals surface area (Å²) < 4.78 is 139. The van der Waals surface area contributed by atoms with Crippen molar-refractivity contribution in [3.8, 4) is 11.5 Å². The molecule has 2 aromatic heterocycles. The second-order valence-corrected chi connectivity index (χ2v) is 24.1. The van der Waals surface area contributed by atoms with Gasteiger partial charge in [0.15, 0.2) is 0 Å². The Morgan fingerprint density at radius 1 is 0.421 bits per heavy atom. The Kier molecular flexibility index (Phi) is 29.1. The molecule has 0 fully saturated rings. The van der Waals surface area contributed by atoms with Gasteiger partial charge in [-0.1, -0.05) is 72.2 Å².